The molecule has 2 N–H and O–H groups in total. The number of rotatable bonds is 9. The van der Waals surface area contributed by atoms with Crippen LogP contribution in [-0.4, -0.2) is 32.3 Å². The maximum atomic E-state index is 12.4. The summed E-state index contributed by atoms with van der Waals surface area (Å²) < 4.78 is 1.82. The first-order valence-electron chi connectivity index (χ1n) is 9.52. The van der Waals surface area contributed by atoms with E-state index in [4.69, 9.17) is 11.6 Å². The van der Waals surface area contributed by atoms with Crippen molar-refractivity contribution in [2.45, 2.75) is 25.2 Å². The maximum absolute atomic E-state index is 12.4. The lowest BCUT2D eigenvalue weighted by molar-refractivity contribution is -0.113. The SMILES string of the molecule is C=CCn1c(CNC(=O)c2cccc(Cl)c2)nnc1SCC(=O)Nc1cccc(C)c1. The molecule has 0 saturated heterocycles. The van der Waals surface area contributed by atoms with E-state index in [1.54, 1.807) is 30.3 Å². The number of carbonyl (C=O) groups is 2. The second-order valence-electron chi connectivity index (χ2n) is 6.70. The molecule has 1 aromatic heterocycles. The Morgan fingerprint density at radius 3 is 2.74 bits per heavy atom. The summed E-state index contributed by atoms with van der Waals surface area (Å²) in [6, 6.07) is 14.3. The highest BCUT2D eigenvalue weighted by molar-refractivity contribution is 7.99. The highest BCUT2D eigenvalue weighted by Crippen LogP contribution is 2.18. The third kappa shape index (κ3) is 6.44. The lowest BCUT2D eigenvalue weighted by Crippen LogP contribution is -2.24. The number of benzene rings is 2. The molecule has 2 amide bonds. The first kappa shape index (κ1) is 22.6. The number of nitrogens with zero attached hydrogens (tertiary/aromatic N) is 3. The Bertz CT molecular complexity index is 1100. The average Bonchev–Trinajstić information content (AvgIpc) is 3.12. The van der Waals surface area contributed by atoms with Crippen molar-refractivity contribution in [3.63, 3.8) is 0 Å². The van der Waals surface area contributed by atoms with Crippen LogP contribution < -0.4 is 10.6 Å². The van der Waals surface area contributed by atoms with Crippen LogP contribution in [0.4, 0.5) is 5.69 Å². The van der Waals surface area contributed by atoms with Gasteiger partial charge in [0.2, 0.25) is 5.91 Å². The number of anilines is 1. The third-order valence-electron chi connectivity index (χ3n) is 4.23. The zero-order valence-electron chi connectivity index (χ0n) is 17.0. The van der Waals surface area contributed by atoms with Crippen LogP contribution in [0, 0.1) is 6.92 Å². The van der Waals surface area contributed by atoms with E-state index in [2.05, 4.69) is 27.4 Å². The van der Waals surface area contributed by atoms with Gasteiger partial charge in [-0.2, -0.15) is 0 Å². The largest absolute Gasteiger partial charge is 0.345 e. The molecule has 0 radical (unpaired) electrons. The first-order valence-corrected chi connectivity index (χ1v) is 10.9. The van der Waals surface area contributed by atoms with Crippen LogP contribution in [0.3, 0.4) is 0 Å². The van der Waals surface area contributed by atoms with Crippen molar-refractivity contribution in [1.82, 2.24) is 20.1 Å². The van der Waals surface area contributed by atoms with Gasteiger partial charge in [0.15, 0.2) is 11.0 Å². The molecule has 0 bridgehead atoms. The van der Waals surface area contributed by atoms with E-state index in [-0.39, 0.29) is 24.1 Å². The number of thioether (sulfide) groups is 1. The zero-order chi connectivity index (χ0) is 22.2. The van der Waals surface area contributed by atoms with Gasteiger partial charge in [-0.05, 0) is 42.8 Å². The molecule has 7 nitrogen and oxygen atoms in total. The summed E-state index contributed by atoms with van der Waals surface area (Å²) in [5, 5.41) is 15.1. The molecule has 0 aliphatic carbocycles. The topological polar surface area (TPSA) is 88.9 Å². The van der Waals surface area contributed by atoms with Gasteiger partial charge >= 0.3 is 0 Å². The molecule has 3 rings (SSSR count). The summed E-state index contributed by atoms with van der Waals surface area (Å²) in [6.45, 7) is 6.37. The fraction of sp³-hybridized carbons (Fsp3) is 0.182. The van der Waals surface area contributed by atoms with Gasteiger partial charge in [-0.1, -0.05) is 47.6 Å². The molecule has 9 heteroatoms. The van der Waals surface area contributed by atoms with Crippen LogP contribution >= 0.6 is 23.4 Å². The predicted octanol–water partition coefficient (Wildman–Crippen LogP) is 4.09. The molecule has 2 aromatic carbocycles. The van der Waals surface area contributed by atoms with Crippen molar-refractivity contribution in [3.8, 4) is 0 Å². The monoisotopic (exact) mass is 455 g/mol. The third-order valence-corrected chi connectivity index (χ3v) is 5.44. The van der Waals surface area contributed by atoms with Gasteiger partial charge in [0.05, 0.1) is 12.3 Å². The molecule has 0 atom stereocenters. The highest BCUT2D eigenvalue weighted by Gasteiger charge is 2.15. The Morgan fingerprint density at radius 1 is 1.19 bits per heavy atom. The fourth-order valence-corrected chi connectivity index (χ4v) is 3.77. The van der Waals surface area contributed by atoms with E-state index in [0.29, 0.717) is 28.1 Å². The van der Waals surface area contributed by atoms with E-state index in [1.165, 1.54) is 11.8 Å². The lowest BCUT2D eigenvalue weighted by atomic mass is 10.2. The molecule has 0 unspecified atom stereocenters. The molecule has 160 valence electrons. The average molecular weight is 456 g/mol. The number of allylic oxidation sites excluding steroid dienone is 1. The maximum Gasteiger partial charge on any atom is 0.251 e. The van der Waals surface area contributed by atoms with Crippen LogP contribution in [0.5, 0.6) is 0 Å². The number of halogens is 1. The van der Waals surface area contributed by atoms with E-state index in [9.17, 15) is 9.59 Å². The van der Waals surface area contributed by atoms with Crippen LogP contribution in [0.15, 0.2) is 66.3 Å². The van der Waals surface area contributed by atoms with E-state index >= 15 is 0 Å². The number of nitrogens with one attached hydrogen (secondary N) is 2. The van der Waals surface area contributed by atoms with E-state index in [1.807, 2.05) is 35.8 Å². The summed E-state index contributed by atoms with van der Waals surface area (Å²) in [6.07, 6.45) is 1.71. The van der Waals surface area contributed by atoms with Crippen LogP contribution in [0.2, 0.25) is 5.02 Å². The van der Waals surface area contributed by atoms with Crippen molar-refractivity contribution >= 4 is 40.9 Å². The Labute approximate surface area is 189 Å². The van der Waals surface area contributed by atoms with Gasteiger partial charge in [0.1, 0.15) is 0 Å². The second-order valence-corrected chi connectivity index (χ2v) is 8.08. The molecule has 0 aliphatic rings. The van der Waals surface area contributed by atoms with Crippen LogP contribution in [0.25, 0.3) is 0 Å². The van der Waals surface area contributed by atoms with Gasteiger partial charge < -0.3 is 15.2 Å². The minimum Gasteiger partial charge on any atom is -0.345 e. The number of carbonyl (C=O) groups excluding carboxylic acids is 2. The summed E-state index contributed by atoms with van der Waals surface area (Å²) >= 11 is 7.21. The van der Waals surface area contributed by atoms with Gasteiger partial charge in [-0.3, -0.25) is 9.59 Å². The molecule has 0 spiro atoms. The van der Waals surface area contributed by atoms with Gasteiger partial charge in [0, 0.05) is 22.8 Å². The molecule has 0 saturated carbocycles. The predicted molar refractivity (Wildman–Crippen MR) is 123 cm³/mol. The molecule has 3 aromatic rings. The molecular weight excluding hydrogens is 434 g/mol. The second kappa shape index (κ2) is 10.8. The van der Waals surface area contributed by atoms with Crippen molar-refractivity contribution < 1.29 is 9.59 Å². The quantitative estimate of drug-likeness (QED) is 0.375. The number of aryl methyl sites for hydroxylation is 1. The lowest BCUT2D eigenvalue weighted by Gasteiger charge is -2.09. The summed E-state index contributed by atoms with van der Waals surface area (Å²) in [5.74, 6) is 0.344. The van der Waals surface area contributed by atoms with E-state index < -0.39 is 0 Å². The number of hydrogen-bond acceptors (Lipinski definition) is 5. The van der Waals surface area contributed by atoms with Crippen molar-refractivity contribution in [1.29, 1.82) is 0 Å². The molecule has 1 heterocycles. The summed E-state index contributed by atoms with van der Waals surface area (Å²) in [7, 11) is 0. The minimum absolute atomic E-state index is 0.139. The minimum atomic E-state index is -0.262. The van der Waals surface area contributed by atoms with Crippen molar-refractivity contribution in [2.24, 2.45) is 0 Å². The van der Waals surface area contributed by atoms with Crippen LogP contribution in [-0.2, 0) is 17.9 Å². The van der Waals surface area contributed by atoms with E-state index in [0.717, 1.165) is 11.3 Å². The van der Waals surface area contributed by atoms with Gasteiger partial charge in [-0.15, -0.1) is 16.8 Å². The Balaban J connectivity index is 1.61. The Morgan fingerprint density at radius 2 is 2.00 bits per heavy atom. The summed E-state index contributed by atoms with van der Waals surface area (Å²) in [5.41, 5.74) is 2.29. The Kier molecular flexibility index (Phi) is 7.86. The number of aromatic nitrogens is 3. The number of hydrogen-bond donors (Lipinski definition) is 2. The molecule has 0 aliphatic heterocycles. The van der Waals surface area contributed by atoms with Crippen molar-refractivity contribution in [2.75, 3.05) is 11.1 Å². The normalized spacial score (nSPS) is 10.5. The Hall–Kier alpha value is -3.10. The fourth-order valence-electron chi connectivity index (χ4n) is 2.81. The molecular formula is C22H22ClN5O2S. The molecule has 0 fully saturated rings. The van der Waals surface area contributed by atoms with Crippen molar-refractivity contribution in [3.05, 3.63) is 83.2 Å². The number of amides is 2. The summed E-state index contributed by atoms with van der Waals surface area (Å²) in [4.78, 5) is 24.6. The standard InChI is InChI=1S/C22H22ClN5O2S/c1-3-10-28-19(13-24-21(30)16-7-5-8-17(23)12-16)26-27-22(28)31-14-20(29)25-18-9-4-6-15(2)11-18/h3-9,11-12H,1,10,13-14H2,2H3,(H,24,30)(H,25,29). The van der Waals surface area contributed by atoms with Gasteiger partial charge in [0.25, 0.3) is 5.91 Å². The zero-order valence-corrected chi connectivity index (χ0v) is 18.5. The van der Waals surface area contributed by atoms with Gasteiger partial charge in [-0.25, -0.2) is 0 Å². The smallest absolute Gasteiger partial charge is 0.251 e. The first-order chi connectivity index (χ1) is 15.0. The van der Waals surface area contributed by atoms with Crippen LogP contribution in [0.1, 0.15) is 21.7 Å². The molecule has 31 heavy (non-hydrogen) atoms. The highest BCUT2D eigenvalue weighted by atomic mass is 35.5.